The van der Waals surface area contributed by atoms with E-state index in [0.717, 1.165) is 0 Å². The topological polar surface area (TPSA) is 0 Å². The Morgan fingerprint density at radius 3 is 0.481 bits per heavy atom. The van der Waals surface area contributed by atoms with Gasteiger partial charge in [0.2, 0.25) is 5.41 Å². The van der Waals surface area contributed by atoms with Crippen LogP contribution >= 0.6 is 0 Å². The summed E-state index contributed by atoms with van der Waals surface area (Å²) < 4.78 is 487. The SMILES string of the molecule is FC(F)(F)C(F)(F)C1(C2(F)C(F)(F)C(F)(F)C(F)(F)C(F)(F)C(F)(F)C(F)(F)C2(F)F)C(F)(F)C(F)(F)C(F)(F)C(F)(F)C(F)(F)C(F)(F)C1(F)F. The zero-order valence-corrected chi connectivity index (χ0v) is 21.9. The van der Waals surface area contributed by atoms with Crippen LogP contribution in [-0.4, -0.2) is 101 Å². The van der Waals surface area contributed by atoms with E-state index in [4.69, 9.17) is 0 Å². The van der Waals surface area contributed by atoms with Crippen LogP contribution < -0.4 is 0 Å². The van der Waals surface area contributed by atoms with Crippen molar-refractivity contribution < 1.29 is 149 Å². The molecule has 0 amide bonds. The first-order valence-electron chi connectivity index (χ1n) is 11.2. The number of rotatable bonds is 2. The molecule has 310 valence electrons. The van der Waals surface area contributed by atoms with Crippen molar-refractivity contribution in [3.63, 3.8) is 0 Å². The number of halogens is 34. The summed E-state index contributed by atoms with van der Waals surface area (Å²) in [6.07, 6.45) is -10.1. The van der Waals surface area contributed by atoms with Crippen molar-refractivity contribution in [2.45, 2.75) is 101 Å². The zero-order valence-electron chi connectivity index (χ0n) is 21.9. The minimum absolute atomic E-state index is 9.68. The van der Waals surface area contributed by atoms with Crippen LogP contribution in [0.1, 0.15) is 0 Å². The van der Waals surface area contributed by atoms with Crippen LogP contribution in [0.25, 0.3) is 0 Å². The van der Waals surface area contributed by atoms with E-state index in [0.29, 0.717) is 0 Å². The Balaban J connectivity index is 3.99. The third kappa shape index (κ3) is 3.64. The van der Waals surface area contributed by atoms with Gasteiger partial charge in [0.05, 0.1) is 0 Å². The minimum Gasteiger partial charge on any atom is -0.228 e. The van der Waals surface area contributed by atoms with E-state index in [2.05, 4.69) is 0 Å². The highest BCUT2D eigenvalue weighted by Crippen LogP contribution is 2.84. The lowest BCUT2D eigenvalue weighted by atomic mass is 9.49. The van der Waals surface area contributed by atoms with E-state index in [1.165, 1.54) is 0 Å². The summed E-state index contributed by atoms with van der Waals surface area (Å²) >= 11 is 0. The normalized spacial score (nSPS) is 33.3. The zero-order chi connectivity index (χ0) is 43.0. The molecule has 0 nitrogen and oxygen atoms in total. The summed E-state index contributed by atoms with van der Waals surface area (Å²) in [7, 11) is 0. The highest BCUT2D eigenvalue weighted by atomic mass is 19.4. The standard InChI is InChI=1S/C18F34/c19-2(6(26,27)10(34,35)14(42,43)17(48,49)15(44,45)11(36,37)7(2,28)29)1(5(24,25)18(50,51)52)3(20,21)8(30,31)12(38,39)16(46,47)13(40,41)9(32,33)4(1,22)23. The highest BCUT2D eigenvalue weighted by Gasteiger charge is 3.16. The Morgan fingerprint density at radius 2 is 0.327 bits per heavy atom. The van der Waals surface area contributed by atoms with Gasteiger partial charge in [-0.3, -0.25) is 0 Å². The van der Waals surface area contributed by atoms with Crippen LogP contribution in [0.2, 0.25) is 0 Å². The molecule has 0 aromatic heterocycles. The molecule has 2 aliphatic carbocycles. The first-order chi connectivity index (χ1) is 21.8. The first kappa shape index (κ1) is 45.8. The fraction of sp³-hybridized carbons (Fsp3) is 1.00. The quantitative estimate of drug-likeness (QED) is 0.243. The molecule has 2 rings (SSSR count). The van der Waals surface area contributed by atoms with Crippen molar-refractivity contribution in [3.05, 3.63) is 0 Å². The molecular formula is C18F34. The molecule has 0 N–H and O–H groups in total. The molecule has 34 heteroatoms. The predicted molar refractivity (Wildman–Crippen MR) is 86.5 cm³/mol. The molecule has 2 aliphatic rings. The van der Waals surface area contributed by atoms with Gasteiger partial charge in [-0.25, -0.2) is 4.39 Å². The molecule has 0 atom stereocenters. The largest absolute Gasteiger partial charge is 0.454 e. The molecule has 0 bridgehead atoms. The van der Waals surface area contributed by atoms with E-state index in [1.54, 1.807) is 0 Å². The van der Waals surface area contributed by atoms with Crippen molar-refractivity contribution in [1.29, 1.82) is 0 Å². The summed E-state index contributed by atoms with van der Waals surface area (Å²) in [5.74, 6) is -159. The third-order valence-corrected chi connectivity index (χ3v) is 7.88. The Kier molecular flexibility index (Phi) is 8.70. The number of hydrogen-bond acceptors (Lipinski definition) is 0. The number of hydrogen-bond donors (Lipinski definition) is 0. The molecule has 0 aromatic carbocycles. The van der Waals surface area contributed by atoms with Gasteiger partial charge in [-0.05, 0) is 0 Å². The van der Waals surface area contributed by atoms with Gasteiger partial charge in [0.25, 0.3) is 5.67 Å². The monoisotopic (exact) mass is 862 g/mol. The van der Waals surface area contributed by atoms with Crippen molar-refractivity contribution >= 4 is 0 Å². The van der Waals surface area contributed by atoms with E-state index < -0.39 is 106 Å². The summed E-state index contributed by atoms with van der Waals surface area (Å²) in [4.78, 5) is 0. The summed E-state index contributed by atoms with van der Waals surface area (Å²) in [5, 5.41) is 0. The Hall–Kier alpha value is -2.38. The highest BCUT2D eigenvalue weighted by molar-refractivity contribution is 5.40. The van der Waals surface area contributed by atoms with Crippen LogP contribution in [-0.2, 0) is 0 Å². The second-order valence-corrected chi connectivity index (χ2v) is 10.5. The Morgan fingerprint density at radius 1 is 0.192 bits per heavy atom. The van der Waals surface area contributed by atoms with Crippen LogP contribution in [0.4, 0.5) is 149 Å². The van der Waals surface area contributed by atoms with Gasteiger partial charge >= 0.3 is 95.0 Å². The molecule has 0 aliphatic heterocycles. The Labute approximate surface area is 257 Å². The first-order valence-corrected chi connectivity index (χ1v) is 11.2. The lowest BCUT2D eigenvalue weighted by Crippen LogP contribution is -2.96. The fourth-order valence-electron chi connectivity index (χ4n) is 5.00. The molecule has 0 spiro atoms. The smallest absolute Gasteiger partial charge is 0.228 e. The van der Waals surface area contributed by atoms with Crippen LogP contribution in [0.5, 0.6) is 0 Å². The molecule has 52 heavy (non-hydrogen) atoms. The molecule has 2 fully saturated rings. The van der Waals surface area contributed by atoms with Gasteiger partial charge in [0.15, 0.2) is 0 Å². The second-order valence-electron chi connectivity index (χ2n) is 10.5. The third-order valence-electron chi connectivity index (χ3n) is 7.88. The summed E-state index contributed by atoms with van der Waals surface area (Å²) in [6.45, 7) is 0. The molecule has 2 saturated carbocycles. The average Bonchev–Trinajstić information content (AvgIpc) is 2.89. The minimum atomic E-state index is -12.2. The molecular weight excluding hydrogens is 862 g/mol. The lowest BCUT2D eigenvalue weighted by Gasteiger charge is -2.63. The molecule has 0 heterocycles. The van der Waals surface area contributed by atoms with E-state index in [-0.39, 0.29) is 0 Å². The van der Waals surface area contributed by atoms with Crippen LogP contribution in [0.3, 0.4) is 0 Å². The summed E-state index contributed by atoms with van der Waals surface area (Å²) in [5.41, 5.74) is -24.2. The lowest BCUT2D eigenvalue weighted by molar-refractivity contribution is -0.575. The fourth-order valence-corrected chi connectivity index (χ4v) is 5.00. The van der Waals surface area contributed by atoms with Crippen LogP contribution in [0, 0.1) is 5.41 Å². The van der Waals surface area contributed by atoms with Crippen molar-refractivity contribution in [3.8, 4) is 0 Å². The van der Waals surface area contributed by atoms with Crippen molar-refractivity contribution in [1.82, 2.24) is 0 Å². The van der Waals surface area contributed by atoms with Gasteiger partial charge in [0.1, 0.15) is 0 Å². The molecule has 0 saturated heterocycles. The van der Waals surface area contributed by atoms with Gasteiger partial charge in [-0.1, -0.05) is 0 Å². The van der Waals surface area contributed by atoms with Crippen molar-refractivity contribution in [2.24, 2.45) is 5.41 Å². The van der Waals surface area contributed by atoms with E-state index in [1.807, 2.05) is 0 Å². The number of alkyl halides is 34. The average molecular weight is 862 g/mol. The van der Waals surface area contributed by atoms with Gasteiger partial charge < -0.3 is 0 Å². The predicted octanol–water partition coefficient (Wildman–Crippen LogP) is 10.8. The van der Waals surface area contributed by atoms with E-state index in [9.17, 15) is 127 Å². The van der Waals surface area contributed by atoms with Gasteiger partial charge in [-0.15, -0.1) is 0 Å². The second kappa shape index (κ2) is 9.88. The summed E-state index contributed by atoms with van der Waals surface area (Å²) in [6, 6.07) is 0. The van der Waals surface area contributed by atoms with Gasteiger partial charge in [-0.2, -0.15) is 145 Å². The Bertz CT molecular complexity index is 1350. The van der Waals surface area contributed by atoms with E-state index >= 15 is 22.0 Å². The van der Waals surface area contributed by atoms with Crippen LogP contribution in [0.15, 0.2) is 0 Å². The maximum atomic E-state index is 16.1. The molecule has 0 aromatic rings. The maximum Gasteiger partial charge on any atom is 0.454 e. The van der Waals surface area contributed by atoms with Crippen molar-refractivity contribution in [2.75, 3.05) is 0 Å². The molecule has 0 unspecified atom stereocenters. The van der Waals surface area contributed by atoms with Gasteiger partial charge in [0, 0.05) is 0 Å². The maximum absolute atomic E-state index is 16.1. The molecule has 0 radical (unpaired) electrons.